The fourth-order valence-electron chi connectivity index (χ4n) is 4.84. The second-order valence-corrected chi connectivity index (χ2v) is 8.85. The van der Waals surface area contributed by atoms with Crippen molar-refractivity contribution < 1.29 is 31.1 Å². The number of aromatic amines is 2. The molecule has 4 atom stereocenters. The van der Waals surface area contributed by atoms with Crippen LogP contribution in [0.1, 0.15) is 46.8 Å². The first-order valence-corrected chi connectivity index (χ1v) is 10.9. The standard InChI is InChI=1S/C23H20F6N4O2/c24-22(25,26)15-6-12(7-16(9-15)23(27,28)29)11-35-20(19-30-21(34)32-31-19)33-10-14-8-17(14)18(33)13-4-2-1-3-5-13/h1-7,9,14,17-18,20H,8,10-11H2,(H2,30,31,32,34)/t14?,17?,18-,20+/m1/s1. The third-order valence-electron chi connectivity index (χ3n) is 6.44. The molecule has 35 heavy (non-hydrogen) atoms. The van der Waals surface area contributed by atoms with E-state index in [1.807, 2.05) is 35.2 Å². The van der Waals surface area contributed by atoms with Gasteiger partial charge in [0, 0.05) is 12.6 Å². The number of H-pyrrole nitrogens is 2. The van der Waals surface area contributed by atoms with Gasteiger partial charge in [-0.15, -0.1) is 0 Å². The molecule has 0 bridgehead atoms. The summed E-state index contributed by atoms with van der Waals surface area (Å²) in [5, 5.41) is 6.18. The smallest absolute Gasteiger partial charge is 0.351 e. The Morgan fingerprint density at radius 2 is 1.69 bits per heavy atom. The molecule has 1 aliphatic carbocycles. The molecule has 5 rings (SSSR count). The van der Waals surface area contributed by atoms with Gasteiger partial charge in [-0.2, -0.15) is 31.4 Å². The summed E-state index contributed by atoms with van der Waals surface area (Å²) in [5.41, 5.74) is -2.73. The highest BCUT2D eigenvalue weighted by molar-refractivity contribution is 5.33. The number of halogens is 6. The maximum absolute atomic E-state index is 13.3. The highest BCUT2D eigenvalue weighted by Crippen LogP contribution is 2.58. The number of hydrogen-bond donors (Lipinski definition) is 2. The van der Waals surface area contributed by atoms with Gasteiger partial charge >= 0.3 is 18.0 Å². The van der Waals surface area contributed by atoms with Crippen LogP contribution in [0.4, 0.5) is 26.3 Å². The molecular formula is C23H20F6N4O2. The molecule has 2 unspecified atom stereocenters. The summed E-state index contributed by atoms with van der Waals surface area (Å²) >= 11 is 0. The Morgan fingerprint density at radius 1 is 1.03 bits per heavy atom. The van der Waals surface area contributed by atoms with E-state index in [1.54, 1.807) is 0 Å². The molecule has 1 aliphatic heterocycles. The van der Waals surface area contributed by atoms with Crippen molar-refractivity contribution in [3.8, 4) is 0 Å². The second-order valence-electron chi connectivity index (χ2n) is 8.85. The summed E-state index contributed by atoms with van der Waals surface area (Å²) in [5.74, 6) is 0.808. The first kappa shape index (κ1) is 23.6. The van der Waals surface area contributed by atoms with Crippen LogP contribution >= 0.6 is 0 Å². The van der Waals surface area contributed by atoms with Crippen LogP contribution in [0.25, 0.3) is 0 Å². The summed E-state index contributed by atoms with van der Waals surface area (Å²) in [7, 11) is 0. The van der Waals surface area contributed by atoms with Crippen molar-refractivity contribution in [2.45, 2.75) is 37.7 Å². The zero-order valence-corrected chi connectivity index (χ0v) is 18.0. The van der Waals surface area contributed by atoms with Crippen molar-refractivity contribution in [3.05, 3.63) is 87.1 Å². The lowest BCUT2D eigenvalue weighted by Gasteiger charge is -2.34. The van der Waals surface area contributed by atoms with E-state index in [2.05, 4.69) is 15.2 Å². The highest BCUT2D eigenvalue weighted by atomic mass is 19.4. The molecule has 0 radical (unpaired) electrons. The highest BCUT2D eigenvalue weighted by Gasteiger charge is 2.55. The molecule has 1 aromatic heterocycles. The molecular weight excluding hydrogens is 478 g/mol. The Labute approximate surface area is 194 Å². The number of fused-ring (bicyclic) bond motifs is 1. The number of hydrogen-bond acceptors (Lipinski definition) is 4. The van der Waals surface area contributed by atoms with E-state index in [-0.39, 0.29) is 23.5 Å². The Balaban J connectivity index is 1.47. The molecule has 0 amide bonds. The molecule has 2 heterocycles. The lowest BCUT2D eigenvalue weighted by atomic mass is 10.0. The summed E-state index contributed by atoms with van der Waals surface area (Å²) in [6, 6.07) is 10.8. The van der Waals surface area contributed by atoms with Crippen molar-refractivity contribution in [1.82, 2.24) is 20.1 Å². The Morgan fingerprint density at radius 3 is 2.26 bits per heavy atom. The van der Waals surface area contributed by atoms with Crippen LogP contribution in [0.2, 0.25) is 0 Å². The number of nitrogens with zero attached hydrogens (tertiary/aromatic N) is 2. The van der Waals surface area contributed by atoms with Gasteiger partial charge in [0.1, 0.15) is 0 Å². The Bertz CT molecular complexity index is 1220. The molecule has 2 aliphatic rings. The largest absolute Gasteiger partial charge is 0.416 e. The molecule has 1 saturated carbocycles. The van der Waals surface area contributed by atoms with Gasteiger partial charge in [-0.25, -0.2) is 9.89 Å². The lowest BCUT2D eigenvalue weighted by Crippen LogP contribution is -2.34. The number of ether oxygens (including phenoxy) is 1. The first-order valence-electron chi connectivity index (χ1n) is 10.9. The van der Waals surface area contributed by atoms with E-state index >= 15 is 0 Å². The number of piperidine rings is 1. The number of rotatable bonds is 6. The van der Waals surface area contributed by atoms with Crippen molar-refractivity contribution in [1.29, 1.82) is 0 Å². The minimum Gasteiger partial charge on any atom is -0.351 e. The van der Waals surface area contributed by atoms with Crippen molar-refractivity contribution in [3.63, 3.8) is 0 Å². The van der Waals surface area contributed by atoms with Crippen molar-refractivity contribution in [2.75, 3.05) is 6.54 Å². The zero-order valence-electron chi connectivity index (χ0n) is 18.0. The maximum Gasteiger partial charge on any atom is 0.416 e. The lowest BCUT2D eigenvalue weighted by molar-refractivity contribution is -0.143. The van der Waals surface area contributed by atoms with Gasteiger partial charge in [0.15, 0.2) is 12.1 Å². The molecule has 3 aromatic rings. The molecule has 2 aromatic carbocycles. The zero-order chi connectivity index (χ0) is 25.0. The second kappa shape index (κ2) is 8.52. The van der Waals surface area contributed by atoms with Crippen LogP contribution < -0.4 is 5.69 Å². The van der Waals surface area contributed by atoms with Crippen LogP contribution in [-0.4, -0.2) is 26.6 Å². The van der Waals surface area contributed by atoms with Crippen molar-refractivity contribution in [2.24, 2.45) is 11.8 Å². The van der Waals surface area contributed by atoms with E-state index in [1.165, 1.54) is 0 Å². The number of alkyl halides is 6. The Hall–Kier alpha value is -3.12. The van der Waals surface area contributed by atoms with Crippen LogP contribution in [0, 0.1) is 11.8 Å². The molecule has 2 N–H and O–H groups in total. The minimum absolute atomic E-state index is 0.0750. The average molecular weight is 498 g/mol. The first-order chi connectivity index (χ1) is 16.5. The summed E-state index contributed by atoms with van der Waals surface area (Å²) in [4.78, 5) is 16.2. The fourth-order valence-corrected chi connectivity index (χ4v) is 4.84. The summed E-state index contributed by atoms with van der Waals surface area (Å²) in [6.45, 7) is 0.0279. The van der Waals surface area contributed by atoms with Crippen LogP contribution in [0.5, 0.6) is 0 Å². The number of nitrogens with one attached hydrogen (secondary N) is 2. The van der Waals surface area contributed by atoms with Gasteiger partial charge in [0.05, 0.1) is 17.7 Å². The predicted octanol–water partition coefficient (Wildman–Crippen LogP) is 5.04. The Kier molecular flexibility index (Phi) is 5.75. The molecule has 2 fully saturated rings. The molecule has 186 valence electrons. The van der Waals surface area contributed by atoms with E-state index in [4.69, 9.17) is 4.74 Å². The summed E-state index contributed by atoms with van der Waals surface area (Å²) in [6.07, 6.45) is -9.91. The SMILES string of the molecule is O=c1[nH]nc([C@H](OCc2cc(C(F)(F)F)cc(C(F)(F)F)c2)N2CC3CC3[C@H]2c2ccccc2)[nH]1. The molecule has 1 saturated heterocycles. The molecule has 6 nitrogen and oxygen atoms in total. The van der Waals surface area contributed by atoms with Gasteiger partial charge in [0.2, 0.25) is 0 Å². The van der Waals surface area contributed by atoms with Gasteiger partial charge in [-0.1, -0.05) is 30.3 Å². The fraction of sp³-hybridized carbons (Fsp3) is 0.391. The van der Waals surface area contributed by atoms with Gasteiger partial charge < -0.3 is 4.74 Å². The molecule has 0 spiro atoms. The van der Waals surface area contributed by atoms with Crippen molar-refractivity contribution >= 4 is 0 Å². The van der Waals surface area contributed by atoms with Crippen LogP contribution in [0.3, 0.4) is 0 Å². The maximum atomic E-state index is 13.3. The predicted molar refractivity (Wildman–Crippen MR) is 111 cm³/mol. The van der Waals surface area contributed by atoms with E-state index in [0.717, 1.165) is 12.0 Å². The van der Waals surface area contributed by atoms with E-state index in [0.29, 0.717) is 30.5 Å². The third kappa shape index (κ3) is 4.85. The third-order valence-corrected chi connectivity index (χ3v) is 6.44. The topological polar surface area (TPSA) is 74.0 Å². The average Bonchev–Trinajstić information content (AvgIpc) is 3.25. The molecule has 12 heteroatoms. The number of likely N-dealkylation sites (tertiary alicyclic amines) is 1. The monoisotopic (exact) mass is 498 g/mol. The van der Waals surface area contributed by atoms with Gasteiger partial charge in [-0.05, 0) is 47.6 Å². The number of aromatic nitrogens is 3. The minimum atomic E-state index is -4.96. The van der Waals surface area contributed by atoms with E-state index in [9.17, 15) is 31.1 Å². The van der Waals surface area contributed by atoms with Crippen LogP contribution in [-0.2, 0) is 23.7 Å². The van der Waals surface area contributed by atoms with Crippen LogP contribution in [0.15, 0.2) is 53.3 Å². The normalized spacial score (nSPS) is 23.3. The number of benzene rings is 2. The van der Waals surface area contributed by atoms with E-state index < -0.39 is 42.0 Å². The van der Waals surface area contributed by atoms with Gasteiger partial charge in [0.25, 0.3) is 0 Å². The quantitative estimate of drug-likeness (QED) is 0.467. The summed E-state index contributed by atoms with van der Waals surface area (Å²) < 4.78 is 85.5. The van der Waals surface area contributed by atoms with Gasteiger partial charge in [-0.3, -0.25) is 9.88 Å².